The Hall–Kier alpha value is -4.04. The van der Waals surface area contributed by atoms with Gasteiger partial charge in [0, 0.05) is 23.8 Å². The lowest BCUT2D eigenvalue weighted by Gasteiger charge is -2.13. The summed E-state index contributed by atoms with van der Waals surface area (Å²) in [5, 5.41) is 13.0. The molecular weight excluding hydrogens is 402 g/mol. The molecule has 5 aromatic rings. The molecule has 3 heterocycles. The topological polar surface area (TPSA) is 89.8 Å². The van der Waals surface area contributed by atoms with Gasteiger partial charge in [0.15, 0.2) is 0 Å². The van der Waals surface area contributed by atoms with Crippen molar-refractivity contribution >= 4 is 33.3 Å². The maximum Gasteiger partial charge on any atom is 0.145 e. The third-order valence-electron chi connectivity index (χ3n) is 5.18. The van der Waals surface area contributed by atoms with E-state index < -0.39 is 0 Å². The number of ether oxygens (including phenoxy) is 1. The highest BCUT2D eigenvalue weighted by atomic mass is 16.5. The number of rotatable bonds is 8. The van der Waals surface area contributed by atoms with Crippen LogP contribution in [-0.2, 0) is 6.54 Å². The lowest BCUT2D eigenvalue weighted by Crippen LogP contribution is -2.16. The molecular formula is C24H23N7O. The number of likely N-dealkylation sites (N-methyl/N-ethyl adjacent to an activating group) is 1. The predicted molar refractivity (Wildman–Crippen MR) is 125 cm³/mol. The molecule has 8 nitrogen and oxygen atoms in total. The summed E-state index contributed by atoms with van der Waals surface area (Å²) in [5.41, 5.74) is 3.76. The number of aromatic nitrogens is 5. The minimum absolute atomic E-state index is 0.561. The van der Waals surface area contributed by atoms with Crippen LogP contribution in [-0.4, -0.2) is 44.9 Å². The van der Waals surface area contributed by atoms with Crippen LogP contribution >= 0.6 is 0 Å². The molecule has 3 aromatic heterocycles. The Morgan fingerprint density at radius 2 is 1.97 bits per heavy atom. The van der Waals surface area contributed by atoms with Gasteiger partial charge in [-0.2, -0.15) is 5.10 Å². The Labute approximate surface area is 185 Å². The molecule has 8 heteroatoms. The molecule has 5 rings (SSSR count). The van der Waals surface area contributed by atoms with Crippen LogP contribution in [0.1, 0.15) is 5.69 Å². The zero-order chi connectivity index (χ0) is 21.8. The largest absolute Gasteiger partial charge is 0.491 e. The molecule has 0 aliphatic carbocycles. The zero-order valence-corrected chi connectivity index (χ0v) is 17.7. The van der Waals surface area contributed by atoms with Crippen LogP contribution in [0.4, 0.5) is 11.5 Å². The van der Waals surface area contributed by atoms with Gasteiger partial charge in [-0.15, -0.1) is 0 Å². The molecule has 0 fully saturated rings. The maximum atomic E-state index is 5.97. The third kappa shape index (κ3) is 4.08. The van der Waals surface area contributed by atoms with Gasteiger partial charge in [-0.05, 0) is 49.5 Å². The standard InChI is InChI=1S/C24H23N7O/c1-25-11-12-32-22-7-4-6-20-23(22)24(28-16-27-20)30-18-8-9-21-17(13-18)14-29-31(21)15-19-5-2-3-10-26-19/h2-10,13-14,16,25H,11-12,15H2,1H3,(H,27,28,30). The van der Waals surface area contributed by atoms with Gasteiger partial charge in [-0.25, -0.2) is 9.97 Å². The second-order valence-electron chi connectivity index (χ2n) is 7.35. The van der Waals surface area contributed by atoms with E-state index in [1.54, 1.807) is 12.5 Å². The molecule has 32 heavy (non-hydrogen) atoms. The number of nitrogens with zero attached hydrogens (tertiary/aromatic N) is 5. The Bertz CT molecular complexity index is 1350. The number of fused-ring (bicyclic) bond motifs is 2. The van der Waals surface area contributed by atoms with Crippen LogP contribution < -0.4 is 15.4 Å². The van der Waals surface area contributed by atoms with E-state index in [0.29, 0.717) is 19.0 Å². The third-order valence-corrected chi connectivity index (χ3v) is 5.18. The lowest BCUT2D eigenvalue weighted by atomic mass is 10.2. The summed E-state index contributed by atoms with van der Waals surface area (Å²) in [6.45, 7) is 1.94. The molecule has 0 radical (unpaired) electrons. The minimum Gasteiger partial charge on any atom is -0.491 e. The molecule has 160 valence electrons. The zero-order valence-electron chi connectivity index (χ0n) is 17.7. The van der Waals surface area contributed by atoms with E-state index in [4.69, 9.17) is 4.74 Å². The average molecular weight is 425 g/mol. The smallest absolute Gasteiger partial charge is 0.145 e. The van der Waals surface area contributed by atoms with Crippen molar-refractivity contribution in [3.63, 3.8) is 0 Å². The highest BCUT2D eigenvalue weighted by molar-refractivity contribution is 5.96. The normalized spacial score (nSPS) is 11.2. The van der Waals surface area contributed by atoms with Gasteiger partial charge in [-0.3, -0.25) is 9.67 Å². The molecule has 0 amide bonds. The fourth-order valence-electron chi connectivity index (χ4n) is 3.63. The summed E-state index contributed by atoms with van der Waals surface area (Å²) in [6, 6.07) is 17.9. The van der Waals surface area contributed by atoms with Crippen molar-refractivity contribution in [3.05, 3.63) is 79.0 Å². The molecule has 0 atom stereocenters. The van der Waals surface area contributed by atoms with Crippen molar-refractivity contribution in [2.24, 2.45) is 0 Å². The average Bonchev–Trinajstić information content (AvgIpc) is 3.22. The Morgan fingerprint density at radius 1 is 1.00 bits per heavy atom. The Morgan fingerprint density at radius 3 is 2.84 bits per heavy atom. The number of nitrogens with one attached hydrogen (secondary N) is 2. The number of hydrogen-bond acceptors (Lipinski definition) is 7. The van der Waals surface area contributed by atoms with Crippen molar-refractivity contribution in [1.82, 2.24) is 30.0 Å². The fourth-order valence-corrected chi connectivity index (χ4v) is 3.63. The maximum absolute atomic E-state index is 5.97. The fraction of sp³-hybridized carbons (Fsp3) is 0.167. The van der Waals surface area contributed by atoms with Gasteiger partial charge < -0.3 is 15.4 Å². The van der Waals surface area contributed by atoms with E-state index in [0.717, 1.165) is 45.5 Å². The van der Waals surface area contributed by atoms with Crippen LogP contribution in [0.5, 0.6) is 5.75 Å². The van der Waals surface area contributed by atoms with Crippen molar-refractivity contribution in [1.29, 1.82) is 0 Å². The van der Waals surface area contributed by atoms with Gasteiger partial charge in [0.2, 0.25) is 0 Å². The van der Waals surface area contributed by atoms with Crippen LogP contribution in [0.3, 0.4) is 0 Å². The van der Waals surface area contributed by atoms with Gasteiger partial charge in [0.25, 0.3) is 0 Å². The van der Waals surface area contributed by atoms with Gasteiger partial charge in [0.1, 0.15) is 24.5 Å². The van der Waals surface area contributed by atoms with Crippen molar-refractivity contribution in [3.8, 4) is 5.75 Å². The van der Waals surface area contributed by atoms with E-state index >= 15 is 0 Å². The molecule has 0 saturated heterocycles. The van der Waals surface area contributed by atoms with E-state index in [9.17, 15) is 0 Å². The SMILES string of the molecule is CNCCOc1cccc2ncnc(Nc3ccc4c(cnn4Cc4ccccn4)c3)c12. The van der Waals surface area contributed by atoms with Crippen molar-refractivity contribution in [2.45, 2.75) is 6.54 Å². The highest BCUT2D eigenvalue weighted by Gasteiger charge is 2.12. The van der Waals surface area contributed by atoms with Gasteiger partial charge >= 0.3 is 0 Å². The summed E-state index contributed by atoms with van der Waals surface area (Å²) in [5.74, 6) is 1.46. The molecule has 0 spiro atoms. The number of pyridine rings is 1. The summed E-state index contributed by atoms with van der Waals surface area (Å²) in [4.78, 5) is 13.3. The second kappa shape index (κ2) is 8.99. The second-order valence-corrected chi connectivity index (χ2v) is 7.35. The Kier molecular flexibility index (Phi) is 5.59. The summed E-state index contributed by atoms with van der Waals surface area (Å²) < 4.78 is 7.92. The van der Waals surface area contributed by atoms with E-state index in [1.165, 1.54) is 0 Å². The minimum atomic E-state index is 0.561. The highest BCUT2D eigenvalue weighted by Crippen LogP contribution is 2.32. The molecule has 0 bridgehead atoms. The predicted octanol–water partition coefficient (Wildman–Crippen LogP) is 3.76. The summed E-state index contributed by atoms with van der Waals surface area (Å²) >= 11 is 0. The van der Waals surface area contributed by atoms with Gasteiger partial charge in [0.05, 0.1) is 34.9 Å². The molecule has 0 saturated carbocycles. The first-order valence-corrected chi connectivity index (χ1v) is 10.5. The molecule has 0 aliphatic rings. The molecule has 2 aromatic carbocycles. The van der Waals surface area contributed by atoms with Crippen LogP contribution in [0.2, 0.25) is 0 Å². The molecule has 2 N–H and O–H groups in total. The van der Waals surface area contributed by atoms with E-state index in [-0.39, 0.29) is 0 Å². The summed E-state index contributed by atoms with van der Waals surface area (Å²) in [7, 11) is 1.90. The number of anilines is 2. The lowest BCUT2D eigenvalue weighted by molar-refractivity contribution is 0.322. The van der Waals surface area contributed by atoms with Crippen LogP contribution in [0.15, 0.2) is 73.3 Å². The monoisotopic (exact) mass is 425 g/mol. The first-order valence-electron chi connectivity index (χ1n) is 10.5. The summed E-state index contributed by atoms with van der Waals surface area (Å²) in [6.07, 6.45) is 5.23. The quantitative estimate of drug-likeness (QED) is 0.366. The number of benzene rings is 2. The van der Waals surface area contributed by atoms with Crippen molar-refractivity contribution in [2.75, 3.05) is 25.5 Å². The van der Waals surface area contributed by atoms with E-state index in [1.807, 2.05) is 60.4 Å². The van der Waals surface area contributed by atoms with Crippen molar-refractivity contribution < 1.29 is 4.74 Å². The van der Waals surface area contributed by atoms with Crippen LogP contribution in [0, 0.1) is 0 Å². The number of hydrogen-bond donors (Lipinski definition) is 2. The Balaban J connectivity index is 1.44. The van der Waals surface area contributed by atoms with Crippen LogP contribution in [0.25, 0.3) is 21.8 Å². The molecule has 0 aliphatic heterocycles. The van der Waals surface area contributed by atoms with Gasteiger partial charge in [-0.1, -0.05) is 12.1 Å². The van der Waals surface area contributed by atoms with E-state index in [2.05, 4.69) is 42.8 Å². The first kappa shape index (κ1) is 19.9. The first-order chi connectivity index (χ1) is 15.8. The molecule has 0 unspecified atom stereocenters.